The first-order chi connectivity index (χ1) is 18.1. The van der Waals surface area contributed by atoms with Gasteiger partial charge in [-0.2, -0.15) is 5.26 Å². The molecule has 9 heteroatoms. The van der Waals surface area contributed by atoms with Crippen LogP contribution in [0.1, 0.15) is 58.5 Å². The first-order valence-corrected chi connectivity index (χ1v) is 12.8. The summed E-state index contributed by atoms with van der Waals surface area (Å²) >= 11 is 6.70. The summed E-state index contributed by atoms with van der Waals surface area (Å²) in [6, 6.07) is 10.6. The fourth-order valence-corrected chi connectivity index (χ4v) is 4.39. The first kappa shape index (κ1) is 23.8. The van der Waals surface area contributed by atoms with E-state index < -0.39 is 6.02 Å². The van der Waals surface area contributed by atoms with Crippen molar-refractivity contribution in [3.05, 3.63) is 76.5 Å². The van der Waals surface area contributed by atoms with Crippen molar-refractivity contribution in [3.63, 3.8) is 0 Å². The molecule has 1 aliphatic carbocycles. The Hall–Kier alpha value is -3.54. The Morgan fingerprint density at radius 2 is 2.08 bits per heavy atom. The Balaban J connectivity index is 1.59. The number of pyridine rings is 1. The largest absolute Gasteiger partial charge is 0.383 e. The number of nitriles is 1. The van der Waals surface area contributed by atoms with Crippen molar-refractivity contribution in [1.82, 2.24) is 21.0 Å². The topological polar surface area (TPSA) is 88.0 Å². The van der Waals surface area contributed by atoms with Gasteiger partial charge in [-0.3, -0.25) is 9.99 Å². The molecule has 5 rings (SSSR count). The number of aromatic nitrogens is 1. The van der Waals surface area contributed by atoms with E-state index in [0.717, 1.165) is 19.3 Å². The van der Waals surface area contributed by atoms with E-state index in [-0.39, 0.29) is 11.2 Å². The van der Waals surface area contributed by atoms with Gasteiger partial charge in [-0.05, 0) is 54.5 Å². The van der Waals surface area contributed by atoms with Crippen LogP contribution in [0.2, 0.25) is 5.02 Å². The summed E-state index contributed by atoms with van der Waals surface area (Å²) in [7, 11) is 0. The third-order valence-corrected chi connectivity index (χ3v) is 7.23. The molecule has 1 saturated carbocycles. The molecule has 1 unspecified atom stereocenters. The van der Waals surface area contributed by atoms with Gasteiger partial charge in [0.15, 0.2) is 0 Å². The number of hydrogen-bond donors (Lipinski definition) is 4. The maximum Gasteiger partial charge on any atom is 0.123 e. The summed E-state index contributed by atoms with van der Waals surface area (Å²) in [5.41, 5.74) is 9.54. The third-order valence-electron chi connectivity index (χ3n) is 6.95. The van der Waals surface area contributed by atoms with E-state index in [0.29, 0.717) is 56.7 Å². The second-order valence-electron chi connectivity index (χ2n) is 10.3. The third kappa shape index (κ3) is 5.43. The van der Waals surface area contributed by atoms with E-state index in [1.54, 1.807) is 18.2 Å². The molecule has 0 radical (unpaired) electrons. The maximum atomic E-state index is 13.8. The summed E-state index contributed by atoms with van der Waals surface area (Å²) in [5.74, 6) is -0.378. The van der Waals surface area contributed by atoms with Crippen molar-refractivity contribution in [1.29, 1.82) is 5.26 Å². The standard InChI is InChI=1S/C28H31ClFN7/c1-4-28(2,3)16-33-25-18(13-31)14-32-27-22(25)11-20(12-23(27)29)34-26(17-5-7-19(30)8-6-17)24-15-37(36-35-24)21-9-10-21/h5-8,11-12,14-15,21,26,34-36H,4,9-10,16H2,1-3H3,(H,32,33)/i26D. The molecule has 0 bridgehead atoms. The molecule has 7 nitrogen and oxygen atoms in total. The van der Waals surface area contributed by atoms with Crippen molar-refractivity contribution >= 4 is 33.9 Å². The van der Waals surface area contributed by atoms with Crippen LogP contribution in [0.15, 0.2) is 54.5 Å². The van der Waals surface area contributed by atoms with E-state index in [4.69, 9.17) is 11.6 Å². The zero-order chi connectivity index (χ0) is 27.1. The Kier molecular flexibility index (Phi) is 6.49. The summed E-state index contributed by atoms with van der Waals surface area (Å²) in [6.45, 7) is 7.11. The minimum atomic E-state index is -1.50. The molecule has 37 heavy (non-hydrogen) atoms. The average molecular weight is 521 g/mol. The van der Waals surface area contributed by atoms with Gasteiger partial charge < -0.3 is 16.1 Å². The fraction of sp³-hybridized carbons (Fsp3) is 0.357. The van der Waals surface area contributed by atoms with Gasteiger partial charge in [-0.1, -0.05) is 44.5 Å². The van der Waals surface area contributed by atoms with E-state index in [2.05, 4.69) is 53.4 Å². The molecule has 2 heterocycles. The monoisotopic (exact) mass is 520 g/mol. The molecule has 4 N–H and O–H groups in total. The van der Waals surface area contributed by atoms with Crippen LogP contribution in [0.3, 0.4) is 0 Å². The Morgan fingerprint density at radius 1 is 1.32 bits per heavy atom. The molecule has 192 valence electrons. The molecule has 1 fully saturated rings. The second kappa shape index (κ2) is 10.1. The predicted octanol–water partition coefficient (Wildman–Crippen LogP) is 6.23. The Labute approximate surface area is 223 Å². The second-order valence-corrected chi connectivity index (χ2v) is 10.7. The van der Waals surface area contributed by atoms with Crippen LogP contribution in [-0.2, 0) is 0 Å². The number of nitrogens with one attached hydrogen (secondary N) is 4. The Morgan fingerprint density at radius 3 is 2.76 bits per heavy atom. The van der Waals surface area contributed by atoms with Gasteiger partial charge in [-0.15, -0.1) is 5.53 Å². The molecule has 3 aromatic rings. The van der Waals surface area contributed by atoms with Gasteiger partial charge in [0.25, 0.3) is 0 Å². The molecule has 2 aliphatic rings. The molecular formula is C28H31ClFN7. The summed E-state index contributed by atoms with van der Waals surface area (Å²) in [4.78, 5) is 4.44. The number of fused-ring (bicyclic) bond motifs is 1. The van der Waals surface area contributed by atoms with Crippen molar-refractivity contribution in [2.24, 2.45) is 5.41 Å². The molecule has 0 spiro atoms. The van der Waals surface area contributed by atoms with Crippen LogP contribution < -0.4 is 21.6 Å². The number of halogens is 2. The molecule has 1 aliphatic heterocycles. The summed E-state index contributed by atoms with van der Waals surface area (Å²) in [6.07, 6.45) is 6.52. The van der Waals surface area contributed by atoms with Crippen LogP contribution in [-0.4, -0.2) is 22.6 Å². The van der Waals surface area contributed by atoms with E-state index in [1.165, 1.54) is 18.3 Å². The lowest BCUT2D eigenvalue weighted by Gasteiger charge is -2.25. The van der Waals surface area contributed by atoms with Crippen molar-refractivity contribution in [2.45, 2.75) is 52.1 Å². The summed E-state index contributed by atoms with van der Waals surface area (Å²) in [5, 5.41) is 19.6. The number of benzene rings is 2. The number of hydrogen-bond acceptors (Lipinski definition) is 7. The predicted molar refractivity (Wildman–Crippen MR) is 146 cm³/mol. The molecule has 0 amide bonds. The fourth-order valence-electron chi connectivity index (χ4n) is 4.12. The van der Waals surface area contributed by atoms with Gasteiger partial charge >= 0.3 is 0 Å². The first-order valence-electron chi connectivity index (χ1n) is 13.0. The molecule has 1 aromatic heterocycles. The molecule has 0 saturated heterocycles. The van der Waals surface area contributed by atoms with E-state index in [1.807, 2.05) is 17.3 Å². The van der Waals surface area contributed by atoms with Gasteiger partial charge in [0.05, 0.1) is 34.9 Å². The number of nitrogens with zero attached hydrogens (tertiary/aromatic N) is 3. The van der Waals surface area contributed by atoms with Crippen LogP contribution in [0, 0.1) is 22.6 Å². The number of anilines is 2. The molecular weight excluding hydrogens is 489 g/mol. The van der Waals surface area contributed by atoms with Gasteiger partial charge in [-0.25, -0.2) is 4.39 Å². The zero-order valence-corrected chi connectivity index (χ0v) is 21.9. The van der Waals surface area contributed by atoms with E-state index in [9.17, 15) is 11.0 Å². The minimum absolute atomic E-state index is 0.0158. The highest BCUT2D eigenvalue weighted by Gasteiger charge is 2.32. The quantitative estimate of drug-likeness (QED) is 0.266. The lowest BCUT2D eigenvalue weighted by atomic mass is 9.90. The number of hydrazine groups is 2. The lowest BCUT2D eigenvalue weighted by Crippen LogP contribution is -2.38. The number of rotatable bonds is 9. The van der Waals surface area contributed by atoms with Gasteiger partial charge in [0.1, 0.15) is 11.9 Å². The minimum Gasteiger partial charge on any atom is -0.383 e. The summed E-state index contributed by atoms with van der Waals surface area (Å²) < 4.78 is 23.3. The van der Waals surface area contributed by atoms with E-state index >= 15 is 0 Å². The highest BCUT2D eigenvalue weighted by molar-refractivity contribution is 6.35. The van der Waals surface area contributed by atoms with Crippen LogP contribution in [0.5, 0.6) is 0 Å². The smallest absolute Gasteiger partial charge is 0.123 e. The van der Waals surface area contributed by atoms with Gasteiger partial charge in [0, 0.05) is 36.1 Å². The average Bonchev–Trinajstić information content (AvgIpc) is 3.63. The highest BCUT2D eigenvalue weighted by atomic mass is 35.5. The van der Waals surface area contributed by atoms with Crippen molar-refractivity contribution < 1.29 is 5.76 Å². The zero-order valence-electron chi connectivity index (χ0n) is 22.1. The Bertz CT molecular complexity index is 1430. The molecule has 2 aromatic carbocycles. The van der Waals surface area contributed by atoms with Crippen LogP contribution >= 0.6 is 11.6 Å². The van der Waals surface area contributed by atoms with Crippen LogP contribution in [0.25, 0.3) is 10.9 Å². The lowest BCUT2D eigenvalue weighted by molar-refractivity contribution is 0.260. The highest BCUT2D eigenvalue weighted by Crippen LogP contribution is 2.37. The van der Waals surface area contributed by atoms with Gasteiger partial charge in [0.2, 0.25) is 0 Å². The normalized spacial score (nSPS) is 17.5. The van der Waals surface area contributed by atoms with Crippen molar-refractivity contribution in [2.75, 3.05) is 17.2 Å². The van der Waals surface area contributed by atoms with Crippen LogP contribution in [0.4, 0.5) is 15.8 Å². The maximum absolute atomic E-state index is 13.8. The van der Waals surface area contributed by atoms with Crippen molar-refractivity contribution in [3.8, 4) is 6.07 Å². The SMILES string of the molecule is [2H]C(Nc1cc(Cl)c2ncc(C#N)c(NCC(C)(C)CC)c2c1)(C1=CN(C2CC2)NN1)c1ccc(F)cc1. The molecule has 1 atom stereocenters.